The van der Waals surface area contributed by atoms with Crippen molar-refractivity contribution in [2.75, 3.05) is 12.4 Å². The number of carbonyl (C=O) groups excluding carboxylic acids is 2. The Balaban J connectivity index is 1.52. The van der Waals surface area contributed by atoms with E-state index < -0.39 is 11.9 Å². The summed E-state index contributed by atoms with van der Waals surface area (Å²) in [6.07, 6.45) is 4.32. The number of hydrogen-bond donors (Lipinski definition) is 1. The molecule has 10 heteroatoms. The number of halogens is 2. The van der Waals surface area contributed by atoms with Crippen molar-refractivity contribution in [3.05, 3.63) is 64.3 Å². The molecule has 0 bridgehead atoms. The Kier molecular flexibility index (Phi) is 5.45. The zero-order valence-corrected chi connectivity index (χ0v) is 18.0. The molecule has 1 unspecified atom stereocenters. The first kappa shape index (κ1) is 20.9. The lowest BCUT2D eigenvalue weighted by Gasteiger charge is -2.23. The summed E-state index contributed by atoms with van der Waals surface area (Å²) in [5.74, 6) is -0.655. The Labute approximate surface area is 183 Å². The third kappa shape index (κ3) is 4.00. The first-order valence-electron chi connectivity index (χ1n) is 9.63. The summed E-state index contributed by atoms with van der Waals surface area (Å²) in [4.78, 5) is 27.0. The van der Waals surface area contributed by atoms with Gasteiger partial charge in [0, 0.05) is 45.3 Å². The number of aryl methyl sites for hydroxylation is 2. The zero-order valence-electron chi connectivity index (χ0n) is 17.2. The third-order valence-electron chi connectivity index (χ3n) is 5.38. The molecule has 1 aliphatic rings. The van der Waals surface area contributed by atoms with E-state index in [9.17, 15) is 14.0 Å². The Bertz CT molecular complexity index is 1170. The number of carbonyl (C=O) groups is 2. The van der Waals surface area contributed by atoms with Gasteiger partial charge in [0.1, 0.15) is 11.5 Å². The van der Waals surface area contributed by atoms with Crippen LogP contribution in [-0.4, -0.2) is 38.3 Å². The molecule has 4 rings (SSSR count). The number of amides is 2. The molecule has 0 saturated heterocycles. The van der Waals surface area contributed by atoms with Gasteiger partial charge in [-0.1, -0.05) is 11.6 Å². The Morgan fingerprint density at radius 2 is 2.10 bits per heavy atom. The molecule has 31 heavy (non-hydrogen) atoms. The van der Waals surface area contributed by atoms with E-state index >= 15 is 0 Å². The Hall–Kier alpha value is -3.33. The van der Waals surface area contributed by atoms with Gasteiger partial charge in [0.05, 0.1) is 11.1 Å². The van der Waals surface area contributed by atoms with Gasteiger partial charge in [0.15, 0.2) is 0 Å². The second-order valence-electron chi connectivity index (χ2n) is 7.47. The van der Waals surface area contributed by atoms with Gasteiger partial charge in [-0.05, 0) is 42.2 Å². The van der Waals surface area contributed by atoms with E-state index in [4.69, 9.17) is 16.3 Å². The molecule has 0 spiro atoms. The molecule has 1 N–H and O–H groups in total. The molecule has 2 amide bonds. The van der Waals surface area contributed by atoms with Crippen molar-refractivity contribution in [2.45, 2.75) is 18.9 Å². The van der Waals surface area contributed by atoms with Gasteiger partial charge in [-0.3, -0.25) is 9.48 Å². The van der Waals surface area contributed by atoms with Crippen molar-refractivity contribution in [3.63, 3.8) is 0 Å². The van der Waals surface area contributed by atoms with E-state index in [0.29, 0.717) is 24.2 Å². The molecule has 0 saturated carbocycles. The van der Waals surface area contributed by atoms with Gasteiger partial charge in [0.25, 0.3) is 5.91 Å². The first-order chi connectivity index (χ1) is 14.7. The maximum Gasteiger partial charge on any atom is 0.416 e. The van der Waals surface area contributed by atoms with Crippen molar-refractivity contribution in [1.29, 1.82) is 0 Å². The minimum atomic E-state index is -0.553. The summed E-state index contributed by atoms with van der Waals surface area (Å²) < 4.78 is 22.0. The van der Waals surface area contributed by atoms with Crippen molar-refractivity contribution >= 4 is 29.3 Å². The van der Waals surface area contributed by atoms with E-state index in [1.165, 1.54) is 23.1 Å². The predicted octanol–water partition coefficient (Wildman–Crippen LogP) is 3.92. The normalized spacial score (nSPS) is 14.9. The third-order valence-corrected chi connectivity index (χ3v) is 5.67. The van der Waals surface area contributed by atoms with Crippen molar-refractivity contribution in [1.82, 2.24) is 19.2 Å². The minimum absolute atomic E-state index is 0.0667. The standard InChI is InChI=1S/C21H21ClFN5O3/c1-26-11-14-13(19(26)20(29)24-12-4-6-16(23)15(22)10-12)5-7-17(14)28(3)21(30)31-18-8-9-27(2)25-18/h4,6,8-11,17H,5,7H2,1-3H3,(H,24,29). The van der Waals surface area contributed by atoms with E-state index in [-0.39, 0.29) is 22.9 Å². The van der Waals surface area contributed by atoms with Crippen LogP contribution >= 0.6 is 11.6 Å². The fraction of sp³-hybridized carbons (Fsp3) is 0.286. The van der Waals surface area contributed by atoms with E-state index in [1.807, 2.05) is 6.20 Å². The number of nitrogens with zero attached hydrogens (tertiary/aromatic N) is 4. The fourth-order valence-corrected chi connectivity index (χ4v) is 4.07. The number of benzene rings is 1. The summed E-state index contributed by atoms with van der Waals surface area (Å²) in [6, 6.07) is 5.40. The highest BCUT2D eigenvalue weighted by Crippen LogP contribution is 2.38. The molecule has 2 heterocycles. The summed E-state index contributed by atoms with van der Waals surface area (Å²) >= 11 is 5.80. The van der Waals surface area contributed by atoms with Crippen LogP contribution in [0.4, 0.5) is 14.9 Å². The topological polar surface area (TPSA) is 81.4 Å². The summed E-state index contributed by atoms with van der Waals surface area (Å²) in [5, 5.41) is 6.75. The molecule has 1 aliphatic carbocycles. The molecule has 2 aromatic heterocycles. The molecule has 162 valence electrons. The average Bonchev–Trinajstić information content (AvgIpc) is 3.38. The Morgan fingerprint density at radius 3 is 2.77 bits per heavy atom. The lowest BCUT2D eigenvalue weighted by molar-refractivity contribution is 0.101. The largest absolute Gasteiger partial charge is 0.416 e. The zero-order chi connectivity index (χ0) is 22.3. The van der Waals surface area contributed by atoms with Crippen molar-refractivity contribution < 1.29 is 18.7 Å². The lowest BCUT2D eigenvalue weighted by Crippen LogP contribution is -2.32. The molecule has 1 aromatic carbocycles. The number of fused-ring (bicyclic) bond motifs is 1. The number of nitrogens with one attached hydrogen (secondary N) is 1. The molecular weight excluding hydrogens is 425 g/mol. The van der Waals surface area contributed by atoms with Gasteiger partial charge >= 0.3 is 6.09 Å². The quantitative estimate of drug-likeness (QED) is 0.660. The van der Waals surface area contributed by atoms with Crippen LogP contribution in [0.3, 0.4) is 0 Å². The van der Waals surface area contributed by atoms with E-state index in [2.05, 4.69) is 10.4 Å². The van der Waals surface area contributed by atoms with Gasteiger partial charge in [-0.15, -0.1) is 5.10 Å². The summed E-state index contributed by atoms with van der Waals surface area (Å²) in [5.41, 5.74) is 2.65. The molecule has 0 aliphatic heterocycles. The molecule has 0 fully saturated rings. The van der Waals surface area contributed by atoms with Crippen LogP contribution < -0.4 is 10.1 Å². The van der Waals surface area contributed by atoms with Crippen LogP contribution in [-0.2, 0) is 20.5 Å². The highest BCUT2D eigenvalue weighted by molar-refractivity contribution is 6.31. The van der Waals surface area contributed by atoms with Crippen LogP contribution in [0.5, 0.6) is 5.88 Å². The van der Waals surface area contributed by atoms with E-state index in [1.54, 1.807) is 42.7 Å². The summed E-state index contributed by atoms with van der Waals surface area (Å²) in [6.45, 7) is 0. The van der Waals surface area contributed by atoms with Crippen LogP contribution in [0.1, 0.15) is 34.1 Å². The SMILES string of the molecule is CN(C(=O)Oc1ccn(C)n1)C1CCc2c1cn(C)c2C(=O)Nc1ccc(F)c(Cl)c1. The molecule has 0 radical (unpaired) electrons. The second kappa shape index (κ2) is 8.07. The van der Waals surface area contributed by atoms with Gasteiger partial charge in [-0.25, -0.2) is 9.18 Å². The van der Waals surface area contributed by atoms with Gasteiger partial charge < -0.3 is 19.5 Å². The first-order valence-corrected chi connectivity index (χ1v) is 10.0. The molecule has 8 nitrogen and oxygen atoms in total. The number of anilines is 1. The lowest BCUT2D eigenvalue weighted by atomic mass is 10.1. The van der Waals surface area contributed by atoms with Crippen molar-refractivity contribution in [3.8, 4) is 5.88 Å². The highest BCUT2D eigenvalue weighted by Gasteiger charge is 2.35. The van der Waals surface area contributed by atoms with Crippen LogP contribution in [0, 0.1) is 5.82 Å². The highest BCUT2D eigenvalue weighted by atomic mass is 35.5. The number of hydrogen-bond acceptors (Lipinski definition) is 4. The number of ether oxygens (including phenoxy) is 1. The van der Waals surface area contributed by atoms with Crippen LogP contribution in [0.25, 0.3) is 0 Å². The maximum atomic E-state index is 13.4. The van der Waals surface area contributed by atoms with E-state index in [0.717, 1.165) is 11.1 Å². The molecular formula is C21H21ClFN5O3. The predicted molar refractivity (Wildman–Crippen MR) is 113 cm³/mol. The van der Waals surface area contributed by atoms with Gasteiger partial charge in [-0.2, -0.15) is 0 Å². The Morgan fingerprint density at radius 1 is 1.32 bits per heavy atom. The fourth-order valence-electron chi connectivity index (χ4n) is 3.89. The molecule has 1 atom stereocenters. The number of rotatable bonds is 4. The molecule has 3 aromatic rings. The summed E-state index contributed by atoms with van der Waals surface area (Å²) in [7, 11) is 5.17. The minimum Gasteiger partial charge on any atom is -0.389 e. The monoisotopic (exact) mass is 445 g/mol. The average molecular weight is 446 g/mol. The maximum absolute atomic E-state index is 13.4. The van der Waals surface area contributed by atoms with Gasteiger partial charge in [0.2, 0.25) is 5.88 Å². The number of aromatic nitrogens is 3. The second-order valence-corrected chi connectivity index (χ2v) is 7.87. The smallest absolute Gasteiger partial charge is 0.389 e. The van der Waals surface area contributed by atoms with Crippen LogP contribution in [0.2, 0.25) is 5.02 Å². The van der Waals surface area contributed by atoms with Crippen LogP contribution in [0.15, 0.2) is 36.7 Å². The van der Waals surface area contributed by atoms with Crippen molar-refractivity contribution in [2.24, 2.45) is 14.1 Å².